The van der Waals surface area contributed by atoms with Crippen LogP contribution in [0.4, 0.5) is 10.5 Å². The molecule has 3 aromatic rings. The van der Waals surface area contributed by atoms with Gasteiger partial charge in [0.05, 0.1) is 0 Å². The fraction of sp³-hybridized carbons (Fsp3) is 0. The summed E-state index contributed by atoms with van der Waals surface area (Å²) < 4.78 is 10.2. The number of pyridine rings is 1. The van der Waals surface area contributed by atoms with E-state index < -0.39 is 11.7 Å². The lowest BCUT2D eigenvalue weighted by Crippen LogP contribution is -2.21. The van der Waals surface area contributed by atoms with Crippen molar-refractivity contribution in [2.75, 3.05) is 5.32 Å². The molecule has 114 valence electrons. The molecule has 1 amide bonds. The van der Waals surface area contributed by atoms with Gasteiger partial charge in [-0.05, 0) is 36.4 Å². The molecule has 0 atom stereocenters. The largest absolute Gasteiger partial charge is 0.421 e. The normalized spacial score (nSPS) is 10.1. The first-order chi connectivity index (χ1) is 11.2. The second-order valence-electron chi connectivity index (χ2n) is 4.57. The summed E-state index contributed by atoms with van der Waals surface area (Å²) in [7, 11) is 0. The maximum atomic E-state index is 11.9. The minimum atomic E-state index is -0.766. The molecule has 0 aliphatic carbocycles. The second-order valence-corrected chi connectivity index (χ2v) is 4.57. The van der Waals surface area contributed by atoms with E-state index in [-0.39, 0.29) is 5.69 Å². The second kappa shape index (κ2) is 6.57. The number of ether oxygens (including phenoxy) is 1. The first kappa shape index (κ1) is 14.5. The van der Waals surface area contributed by atoms with Crippen molar-refractivity contribution in [1.29, 1.82) is 0 Å². The smallest absolute Gasteiger partial charge is 0.417 e. The van der Waals surface area contributed by atoms with Crippen LogP contribution in [-0.2, 0) is 0 Å². The van der Waals surface area contributed by atoms with Gasteiger partial charge >= 0.3 is 11.7 Å². The molecule has 0 radical (unpaired) electrons. The first-order valence-corrected chi connectivity index (χ1v) is 6.81. The Labute approximate surface area is 131 Å². The Morgan fingerprint density at radius 3 is 2.57 bits per heavy atom. The summed E-state index contributed by atoms with van der Waals surface area (Å²) in [4.78, 5) is 27.7. The van der Waals surface area contributed by atoms with Gasteiger partial charge in [-0.25, -0.2) is 9.59 Å². The molecule has 3 rings (SSSR count). The van der Waals surface area contributed by atoms with Crippen molar-refractivity contribution in [2.45, 2.75) is 0 Å². The number of hydrogen-bond acceptors (Lipinski definition) is 5. The molecule has 0 unspecified atom stereocenters. The predicted molar refractivity (Wildman–Crippen MR) is 84.3 cm³/mol. The van der Waals surface area contributed by atoms with Crippen LogP contribution in [-0.4, -0.2) is 11.1 Å². The number of aromatic nitrogens is 1. The SMILES string of the molecule is O=C(Nc1ccc(-c2cccnc2)oc1=O)Oc1ccccc1. The van der Waals surface area contributed by atoms with Crippen molar-refractivity contribution in [1.82, 2.24) is 4.98 Å². The number of amides is 1. The van der Waals surface area contributed by atoms with Crippen molar-refractivity contribution < 1.29 is 13.9 Å². The standard InChI is InChI=1S/C17H12N2O4/c20-16-14(19-17(21)22-13-6-2-1-3-7-13)8-9-15(23-16)12-5-4-10-18-11-12/h1-11H,(H,19,21). The zero-order valence-electron chi connectivity index (χ0n) is 11.9. The van der Waals surface area contributed by atoms with Gasteiger partial charge in [-0.3, -0.25) is 10.3 Å². The molecule has 0 aliphatic rings. The van der Waals surface area contributed by atoms with E-state index >= 15 is 0 Å². The fourth-order valence-electron chi connectivity index (χ4n) is 1.90. The van der Waals surface area contributed by atoms with Gasteiger partial charge in [0, 0.05) is 18.0 Å². The van der Waals surface area contributed by atoms with Crippen LogP contribution in [0.1, 0.15) is 0 Å². The molecule has 6 nitrogen and oxygen atoms in total. The molecule has 0 spiro atoms. The molecule has 0 aliphatic heterocycles. The number of anilines is 1. The van der Waals surface area contributed by atoms with Crippen LogP contribution < -0.4 is 15.7 Å². The summed E-state index contributed by atoms with van der Waals surface area (Å²) in [5, 5.41) is 2.35. The number of benzene rings is 1. The highest BCUT2D eigenvalue weighted by molar-refractivity contribution is 5.86. The average molecular weight is 308 g/mol. The van der Waals surface area contributed by atoms with Gasteiger partial charge in [0.25, 0.3) is 0 Å². The Kier molecular flexibility index (Phi) is 4.15. The first-order valence-electron chi connectivity index (χ1n) is 6.81. The third-order valence-electron chi connectivity index (χ3n) is 2.96. The van der Waals surface area contributed by atoms with Crippen LogP contribution in [0.3, 0.4) is 0 Å². The van der Waals surface area contributed by atoms with Gasteiger partial charge in [-0.15, -0.1) is 0 Å². The van der Waals surface area contributed by atoms with Gasteiger partial charge in [0.2, 0.25) is 0 Å². The van der Waals surface area contributed by atoms with E-state index in [0.717, 1.165) is 0 Å². The Morgan fingerprint density at radius 1 is 1.04 bits per heavy atom. The molecule has 0 bridgehead atoms. The zero-order chi connectivity index (χ0) is 16.1. The Bertz CT molecular complexity index is 861. The topological polar surface area (TPSA) is 81.4 Å². The Hall–Kier alpha value is -3.41. The van der Waals surface area contributed by atoms with Crippen molar-refractivity contribution >= 4 is 11.8 Å². The van der Waals surface area contributed by atoms with Crippen molar-refractivity contribution in [3.63, 3.8) is 0 Å². The van der Waals surface area contributed by atoms with Crippen molar-refractivity contribution in [2.24, 2.45) is 0 Å². The summed E-state index contributed by atoms with van der Waals surface area (Å²) in [6.07, 6.45) is 2.43. The summed E-state index contributed by atoms with van der Waals surface area (Å²) >= 11 is 0. The van der Waals surface area contributed by atoms with E-state index in [0.29, 0.717) is 17.1 Å². The highest BCUT2D eigenvalue weighted by Crippen LogP contribution is 2.17. The quantitative estimate of drug-likeness (QED) is 0.802. The number of hydrogen-bond donors (Lipinski definition) is 1. The van der Waals surface area contributed by atoms with Crippen LogP contribution in [0.2, 0.25) is 0 Å². The number of para-hydroxylation sites is 1. The third kappa shape index (κ3) is 3.62. The van der Waals surface area contributed by atoms with Crippen LogP contribution in [0, 0.1) is 0 Å². The van der Waals surface area contributed by atoms with Gasteiger partial charge in [0.1, 0.15) is 17.2 Å². The summed E-state index contributed by atoms with van der Waals surface area (Å²) in [5.74, 6) is 0.742. The average Bonchev–Trinajstić information content (AvgIpc) is 2.58. The Morgan fingerprint density at radius 2 is 1.87 bits per heavy atom. The monoisotopic (exact) mass is 308 g/mol. The lowest BCUT2D eigenvalue weighted by molar-refractivity contribution is 0.215. The molecule has 1 aromatic carbocycles. The van der Waals surface area contributed by atoms with Gasteiger partial charge < -0.3 is 9.15 Å². The lowest BCUT2D eigenvalue weighted by Gasteiger charge is -2.06. The maximum Gasteiger partial charge on any atom is 0.417 e. The van der Waals surface area contributed by atoms with Crippen LogP contribution in [0.25, 0.3) is 11.3 Å². The van der Waals surface area contributed by atoms with E-state index in [2.05, 4.69) is 10.3 Å². The molecule has 2 heterocycles. The molecular weight excluding hydrogens is 296 g/mol. The van der Waals surface area contributed by atoms with Gasteiger partial charge in [0.15, 0.2) is 0 Å². The van der Waals surface area contributed by atoms with E-state index in [4.69, 9.17) is 9.15 Å². The van der Waals surface area contributed by atoms with Gasteiger partial charge in [-0.1, -0.05) is 18.2 Å². The number of rotatable bonds is 3. The fourth-order valence-corrected chi connectivity index (χ4v) is 1.90. The highest BCUT2D eigenvalue weighted by Gasteiger charge is 2.10. The van der Waals surface area contributed by atoms with Crippen LogP contribution in [0.15, 0.2) is 76.2 Å². The summed E-state index contributed by atoms with van der Waals surface area (Å²) in [5.41, 5.74) is -0.00190. The van der Waals surface area contributed by atoms with E-state index in [9.17, 15) is 9.59 Å². The Balaban J connectivity index is 1.74. The van der Waals surface area contributed by atoms with Crippen molar-refractivity contribution in [3.05, 3.63) is 77.4 Å². The van der Waals surface area contributed by atoms with Crippen molar-refractivity contribution in [3.8, 4) is 17.1 Å². The predicted octanol–water partition coefficient (Wildman–Crippen LogP) is 3.31. The summed E-state index contributed by atoms with van der Waals surface area (Å²) in [6, 6.07) is 15.1. The molecule has 6 heteroatoms. The van der Waals surface area contributed by atoms with E-state index in [1.165, 1.54) is 6.07 Å². The minimum absolute atomic E-state index is 0.00132. The molecule has 23 heavy (non-hydrogen) atoms. The number of carbonyl (C=O) groups excluding carboxylic acids is 1. The molecule has 0 saturated heterocycles. The lowest BCUT2D eigenvalue weighted by atomic mass is 10.2. The number of nitrogens with zero attached hydrogens (tertiary/aromatic N) is 1. The highest BCUT2D eigenvalue weighted by atomic mass is 16.6. The third-order valence-corrected chi connectivity index (χ3v) is 2.96. The minimum Gasteiger partial charge on any atom is -0.421 e. The van der Waals surface area contributed by atoms with Crippen LogP contribution in [0.5, 0.6) is 5.75 Å². The molecular formula is C17H12N2O4. The summed E-state index contributed by atoms with van der Waals surface area (Å²) in [6.45, 7) is 0. The molecule has 2 aromatic heterocycles. The zero-order valence-corrected chi connectivity index (χ0v) is 11.9. The van der Waals surface area contributed by atoms with E-state index in [1.807, 2.05) is 0 Å². The number of nitrogens with one attached hydrogen (secondary N) is 1. The molecule has 1 N–H and O–H groups in total. The van der Waals surface area contributed by atoms with Gasteiger partial charge in [-0.2, -0.15) is 0 Å². The molecule has 0 saturated carbocycles. The molecule has 0 fully saturated rings. The maximum absolute atomic E-state index is 11.9. The van der Waals surface area contributed by atoms with E-state index in [1.54, 1.807) is 60.9 Å². The number of carbonyl (C=O) groups is 1. The van der Waals surface area contributed by atoms with Crippen LogP contribution >= 0.6 is 0 Å².